The number of hydrogen-bond acceptors (Lipinski definition) is 3. The molecule has 1 amide bonds. The molecule has 0 saturated heterocycles. The average Bonchev–Trinajstić information content (AvgIpc) is 2.51. The Balaban J connectivity index is 1.90. The molecule has 0 aromatic heterocycles. The summed E-state index contributed by atoms with van der Waals surface area (Å²) >= 11 is 17.8. The first-order valence-corrected chi connectivity index (χ1v) is 7.95. The zero-order valence-electron chi connectivity index (χ0n) is 12.3. The molecule has 2 aromatic rings. The van der Waals surface area contributed by atoms with Crippen molar-refractivity contribution in [1.82, 2.24) is 0 Å². The van der Waals surface area contributed by atoms with Crippen molar-refractivity contribution >= 4 is 52.1 Å². The van der Waals surface area contributed by atoms with Crippen LogP contribution >= 0.6 is 34.8 Å². The first-order valence-electron chi connectivity index (χ1n) is 6.82. The molecule has 0 atom stereocenters. The van der Waals surface area contributed by atoms with Crippen LogP contribution in [0.3, 0.4) is 0 Å². The summed E-state index contributed by atoms with van der Waals surface area (Å²) < 4.78 is 5.23. The van der Waals surface area contributed by atoms with Crippen molar-refractivity contribution in [3.8, 4) is 5.75 Å². The summed E-state index contributed by atoms with van der Waals surface area (Å²) in [5.74, 6) is 0.482. The van der Waals surface area contributed by atoms with E-state index in [1.54, 1.807) is 43.5 Å². The lowest BCUT2D eigenvalue weighted by molar-refractivity contribution is -0.115. The van der Waals surface area contributed by atoms with Crippen molar-refractivity contribution in [3.63, 3.8) is 0 Å². The van der Waals surface area contributed by atoms with Crippen LogP contribution in [0.25, 0.3) is 0 Å². The van der Waals surface area contributed by atoms with Crippen LogP contribution in [0.15, 0.2) is 36.4 Å². The second-order valence-corrected chi connectivity index (χ2v) is 5.97. The third kappa shape index (κ3) is 5.20. The molecular weight excluding hydrogens is 359 g/mol. The minimum absolute atomic E-state index is 0.178. The van der Waals surface area contributed by atoms with Crippen molar-refractivity contribution in [3.05, 3.63) is 51.5 Å². The summed E-state index contributed by atoms with van der Waals surface area (Å²) in [6.07, 6.45) is 0.249. The van der Waals surface area contributed by atoms with Crippen LogP contribution in [0.4, 0.5) is 11.4 Å². The minimum atomic E-state index is -0.178. The maximum absolute atomic E-state index is 12.0. The average molecular weight is 374 g/mol. The molecule has 0 aliphatic rings. The SMILES string of the molecule is COc1ccc(Cl)cc1NCCC(=O)Nc1cc(Cl)ccc1Cl. The van der Waals surface area contributed by atoms with Crippen molar-refractivity contribution in [1.29, 1.82) is 0 Å². The van der Waals surface area contributed by atoms with E-state index in [0.29, 0.717) is 33.0 Å². The van der Waals surface area contributed by atoms with E-state index in [0.717, 1.165) is 5.69 Å². The molecule has 0 saturated carbocycles. The zero-order chi connectivity index (χ0) is 16.8. The van der Waals surface area contributed by atoms with Gasteiger partial charge in [0.05, 0.1) is 23.5 Å². The van der Waals surface area contributed by atoms with Crippen LogP contribution in [0.2, 0.25) is 15.1 Å². The smallest absolute Gasteiger partial charge is 0.226 e. The number of hydrogen-bond donors (Lipinski definition) is 2. The molecular formula is C16H15Cl3N2O2. The number of carbonyl (C=O) groups excluding carboxylic acids is 1. The summed E-state index contributed by atoms with van der Waals surface area (Å²) in [5, 5.41) is 7.37. The molecule has 0 unspecified atom stereocenters. The van der Waals surface area contributed by atoms with Gasteiger partial charge in [-0.2, -0.15) is 0 Å². The van der Waals surface area contributed by atoms with Crippen molar-refractivity contribution in [2.75, 3.05) is 24.3 Å². The zero-order valence-corrected chi connectivity index (χ0v) is 14.6. The Morgan fingerprint density at radius 1 is 1.04 bits per heavy atom. The summed E-state index contributed by atoms with van der Waals surface area (Å²) in [6, 6.07) is 10.1. The number of halogens is 3. The summed E-state index contributed by atoms with van der Waals surface area (Å²) in [4.78, 5) is 12.0. The Morgan fingerprint density at radius 3 is 2.39 bits per heavy atom. The molecule has 2 N–H and O–H groups in total. The lowest BCUT2D eigenvalue weighted by Crippen LogP contribution is -2.16. The molecule has 4 nitrogen and oxygen atoms in total. The lowest BCUT2D eigenvalue weighted by atomic mass is 10.2. The number of rotatable bonds is 6. The van der Waals surface area contributed by atoms with Gasteiger partial charge in [0, 0.05) is 23.0 Å². The Labute approximate surface area is 149 Å². The van der Waals surface area contributed by atoms with Gasteiger partial charge in [-0.15, -0.1) is 0 Å². The molecule has 23 heavy (non-hydrogen) atoms. The Hall–Kier alpha value is -1.62. The van der Waals surface area contributed by atoms with Gasteiger partial charge in [-0.3, -0.25) is 4.79 Å². The molecule has 0 bridgehead atoms. The monoisotopic (exact) mass is 372 g/mol. The fourth-order valence-corrected chi connectivity index (χ4v) is 2.44. The van der Waals surface area contributed by atoms with E-state index >= 15 is 0 Å². The molecule has 122 valence electrons. The van der Waals surface area contributed by atoms with E-state index in [1.165, 1.54) is 0 Å². The Kier molecular flexibility index (Phi) is 6.39. The fraction of sp³-hybridized carbons (Fsp3) is 0.188. The second kappa shape index (κ2) is 8.29. The van der Waals surface area contributed by atoms with Crippen LogP contribution < -0.4 is 15.4 Å². The van der Waals surface area contributed by atoms with Crippen molar-refractivity contribution in [2.24, 2.45) is 0 Å². The first kappa shape index (κ1) is 17.7. The maximum atomic E-state index is 12.0. The molecule has 2 rings (SSSR count). The summed E-state index contributed by atoms with van der Waals surface area (Å²) in [5.41, 5.74) is 1.22. The van der Waals surface area contributed by atoms with E-state index in [-0.39, 0.29) is 12.3 Å². The Bertz CT molecular complexity index is 708. The van der Waals surface area contributed by atoms with Gasteiger partial charge in [0.25, 0.3) is 0 Å². The van der Waals surface area contributed by atoms with Gasteiger partial charge < -0.3 is 15.4 Å². The predicted octanol–water partition coefficient (Wildman–Crippen LogP) is 5.10. The van der Waals surface area contributed by atoms with E-state index in [9.17, 15) is 4.79 Å². The number of anilines is 2. The standard InChI is InChI=1S/C16H15Cl3N2O2/c1-23-15-5-3-11(18)9-14(15)20-7-6-16(22)21-13-8-10(17)2-4-12(13)19/h2-5,8-9,20H,6-7H2,1H3,(H,21,22). The van der Waals surface area contributed by atoms with Crippen LogP contribution in [0.5, 0.6) is 5.75 Å². The summed E-state index contributed by atoms with van der Waals surface area (Å²) in [6.45, 7) is 0.417. The molecule has 0 aliphatic carbocycles. The highest BCUT2D eigenvalue weighted by Crippen LogP contribution is 2.28. The first-order chi connectivity index (χ1) is 11.0. The predicted molar refractivity (Wildman–Crippen MR) is 96.2 cm³/mol. The number of amides is 1. The third-order valence-corrected chi connectivity index (χ3v) is 3.83. The van der Waals surface area contributed by atoms with Crippen LogP contribution in [0.1, 0.15) is 6.42 Å². The molecule has 0 heterocycles. The lowest BCUT2D eigenvalue weighted by Gasteiger charge is -2.12. The number of methoxy groups -OCH3 is 1. The quantitative estimate of drug-likeness (QED) is 0.741. The van der Waals surface area contributed by atoms with Gasteiger partial charge >= 0.3 is 0 Å². The van der Waals surface area contributed by atoms with Crippen molar-refractivity contribution in [2.45, 2.75) is 6.42 Å². The fourth-order valence-electron chi connectivity index (χ4n) is 1.94. The van der Waals surface area contributed by atoms with Crippen LogP contribution in [-0.2, 0) is 4.79 Å². The van der Waals surface area contributed by atoms with Gasteiger partial charge in [0.2, 0.25) is 5.91 Å². The third-order valence-electron chi connectivity index (χ3n) is 3.03. The van der Waals surface area contributed by atoms with Gasteiger partial charge in [0.1, 0.15) is 5.75 Å². The van der Waals surface area contributed by atoms with Gasteiger partial charge in [-0.05, 0) is 36.4 Å². The van der Waals surface area contributed by atoms with E-state index in [1.807, 2.05) is 0 Å². The molecule has 7 heteroatoms. The van der Waals surface area contributed by atoms with Crippen molar-refractivity contribution < 1.29 is 9.53 Å². The van der Waals surface area contributed by atoms with E-state index in [4.69, 9.17) is 39.5 Å². The number of ether oxygens (including phenoxy) is 1. The maximum Gasteiger partial charge on any atom is 0.226 e. The van der Waals surface area contributed by atoms with Gasteiger partial charge in [-0.25, -0.2) is 0 Å². The summed E-state index contributed by atoms with van der Waals surface area (Å²) in [7, 11) is 1.57. The number of carbonyl (C=O) groups is 1. The van der Waals surface area contributed by atoms with E-state index in [2.05, 4.69) is 10.6 Å². The molecule has 2 aromatic carbocycles. The topological polar surface area (TPSA) is 50.4 Å². The second-order valence-electron chi connectivity index (χ2n) is 4.69. The minimum Gasteiger partial charge on any atom is -0.495 e. The van der Waals surface area contributed by atoms with Crippen LogP contribution in [-0.4, -0.2) is 19.6 Å². The molecule has 0 spiro atoms. The highest BCUT2D eigenvalue weighted by molar-refractivity contribution is 6.35. The van der Waals surface area contributed by atoms with E-state index < -0.39 is 0 Å². The molecule has 0 aliphatic heterocycles. The Morgan fingerprint density at radius 2 is 1.70 bits per heavy atom. The van der Waals surface area contributed by atoms with Crippen LogP contribution in [0, 0.1) is 0 Å². The number of nitrogens with one attached hydrogen (secondary N) is 2. The highest BCUT2D eigenvalue weighted by Gasteiger charge is 2.08. The number of benzene rings is 2. The molecule has 0 fully saturated rings. The highest BCUT2D eigenvalue weighted by atomic mass is 35.5. The normalized spacial score (nSPS) is 10.3. The van der Waals surface area contributed by atoms with Gasteiger partial charge in [-0.1, -0.05) is 34.8 Å². The van der Waals surface area contributed by atoms with Gasteiger partial charge in [0.15, 0.2) is 0 Å². The molecule has 0 radical (unpaired) electrons. The largest absolute Gasteiger partial charge is 0.495 e.